The SMILES string of the molecule is NC1(C(=O)O)CCCC1CCN1Cc2ccccc2C1. The zero-order valence-corrected chi connectivity index (χ0v) is 11.7. The van der Waals surface area contributed by atoms with Crippen molar-refractivity contribution in [1.82, 2.24) is 4.90 Å². The van der Waals surface area contributed by atoms with E-state index in [2.05, 4.69) is 29.2 Å². The predicted octanol–water partition coefficient (Wildman–Crippen LogP) is 1.97. The Bertz CT molecular complexity index is 492. The van der Waals surface area contributed by atoms with Crippen molar-refractivity contribution in [3.05, 3.63) is 35.4 Å². The number of carboxylic acid groups (broad SMARTS) is 1. The highest BCUT2D eigenvalue weighted by Gasteiger charge is 2.45. The fourth-order valence-corrected chi connectivity index (χ4v) is 3.69. The molecule has 1 saturated carbocycles. The van der Waals surface area contributed by atoms with Crippen LogP contribution in [0.25, 0.3) is 0 Å². The zero-order valence-electron chi connectivity index (χ0n) is 11.7. The van der Waals surface area contributed by atoms with E-state index >= 15 is 0 Å². The van der Waals surface area contributed by atoms with Gasteiger partial charge >= 0.3 is 5.97 Å². The third-order valence-electron chi connectivity index (χ3n) is 4.97. The molecule has 0 aromatic heterocycles. The van der Waals surface area contributed by atoms with Crippen molar-refractivity contribution < 1.29 is 9.90 Å². The van der Waals surface area contributed by atoms with Crippen molar-refractivity contribution in [3.8, 4) is 0 Å². The zero-order chi connectivity index (χ0) is 14.2. The van der Waals surface area contributed by atoms with Gasteiger partial charge < -0.3 is 10.8 Å². The van der Waals surface area contributed by atoms with Gasteiger partial charge in [0, 0.05) is 13.1 Å². The molecule has 1 aliphatic heterocycles. The van der Waals surface area contributed by atoms with E-state index in [0.29, 0.717) is 6.42 Å². The Morgan fingerprint density at radius 1 is 1.35 bits per heavy atom. The summed E-state index contributed by atoms with van der Waals surface area (Å²) in [4.78, 5) is 13.8. The Kier molecular flexibility index (Phi) is 3.52. The lowest BCUT2D eigenvalue weighted by atomic mass is 9.85. The minimum atomic E-state index is -0.993. The molecule has 0 spiro atoms. The molecule has 1 aliphatic carbocycles. The van der Waals surface area contributed by atoms with Crippen molar-refractivity contribution >= 4 is 5.97 Å². The highest BCUT2D eigenvalue weighted by Crippen LogP contribution is 2.37. The summed E-state index contributed by atoms with van der Waals surface area (Å²) in [6, 6.07) is 8.51. The minimum absolute atomic E-state index is 0.115. The number of nitrogens with zero attached hydrogens (tertiary/aromatic N) is 1. The molecule has 20 heavy (non-hydrogen) atoms. The van der Waals surface area contributed by atoms with E-state index in [1.165, 1.54) is 11.1 Å². The lowest BCUT2D eigenvalue weighted by Crippen LogP contribution is -2.51. The number of nitrogens with two attached hydrogens (primary N) is 1. The normalized spacial score (nSPS) is 29.6. The Balaban J connectivity index is 1.58. The van der Waals surface area contributed by atoms with Gasteiger partial charge in [-0.25, -0.2) is 0 Å². The molecule has 1 aromatic carbocycles. The fraction of sp³-hybridized carbons (Fsp3) is 0.562. The van der Waals surface area contributed by atoms with Crippen LogP contribution < -0.4 is 5.73 Å². The molecule has 1 aromatic rings. The van der Waals surface area contributed by atoms with Crippen molar-refractivity contribution in [2.45, 2.75) is 44.3 Å². The first-order chi connectivity index (χ1) is 9.59. The van der Waals surface area contributed by atoms with Crippen LogP contribution in [-0.2, 0) is 17.9 Å². The third kappa shape index (κ3) is 2.34. The summed E-state index contributed by atoms with van der Waals surface area (Å²) in [6.45, 7) is 2.90. The number of hydrogen-bond acceptors (Lipinski definition) is 3. The summed E-state index contributed by atoms with van der Waals surface area (Å²) in [7, 11) is 0. The highest BCUT2D eigenvalue weighted by molar-refractivity contribution is 5.79. The van der Waals surface area contributed by atoms with Crippen molar-refractivity contribution in [2.24, 2.45) is 11.7 Å². The van der Waals surface area contributed by atoms with Crippen LogP contribution in [0.3, 0.4) is 0 Å². The predicted molar refractivity (Wildman–Crippen MR) is 77.1 cm³/mol. The van der Waals surface area contributed by atoms with Gasteiger partial charge in [-0.15, -0.1) is 0 Å². The average molecular weight is 274 g/mol. The molecular formula is C16H22N2O2. The Labute approximate surface area is 119 Å². The van der Waals surface area contributed by atoms with Gasteiger partial charge in [0.05, 0.1) is 0 Å². The van der Waals surface area contributed by atoms with Crippen LogP contribution in [0.4, 0.5) is 0 Å². The van der Waals surface area contributed by atoms with Gasteiger partial charge in [0.1, 0.15) is 5.54 Å². The maximum atomic E-state index is 11.4. The Hall–Kier alpha value is -1.39. The second-order valence-corrected chi connectivity index (χ2v) is 6.20. The van der Waals surface area contributed by atoms with Crippen LogP contribution in [0, 0.1) is 5.92 Å². The Morgan fingerprint density at radius 3 is 2.60 bits per heavy atom. The van der Waals surface area contributed by atoms with E-state index in [4.69, 9.17) is 5.73 Å². The second kappa shape index (κ2) is 5.19. The lowest BCUT2D eigenvalue weighted by molar-refractivity contribution is -0.144. The van der Waals surface area contributed by atoms with E-state index < -0.39 is 11.5 Å². The lowest BCUT2D eigenvalue weighted by Gasteiger charge is -2.28. The molecule has 1 fully saturated rings. The number of carbonyl (C=O) groups is 1. The van der Waals surface area contributed by atoms with Crippen LogP contribution in [0.15, 0.2) is 24.3 Å². The molecule has 0 saturated heterocycles. The van der Waals surface area contributed by atoms with Gasteiger partial charge in [0.15, 0.2) is 0 Å². The van der Waals surface area contributed by atoms with Crippen LogP contribution in [0.2, 0.25) is 0 Å². The van der Waals surface area contributed by atoms with E-state index in [9.17, 15) is 9.90 Å². The minimum Gasteiger partial charge on any atom is -0.480 e. The summed E-state index contributed by atoms with van der Waals surface area (Å²) >= 11 is 0. The molecule has 0 amide bonds. The van der Waals surface area contributed by atoms with Gasteiger partial charge in [0.25, 0.3) is 0 Å². The van der Waals surface area contributed by atoms with Gasteiger partial charge in [-0.2, -0.15) is 0 Å². The van der Waals surface area contributed by atoms with Crippen molar-refractivity contribution in [2.75, 3.05) is 6.54 Å². The molecule has 108 valence electrons. The van der Waals surface area contributed by atoms with Gasteiger partial charge in [-0.05, 0) is 42.9 Å². The molecule has 3 N–H and O–H groups in total. The van der Waals surface area contributed by atoms with E-state index in [0.717, 1.165) is 38.9 Å². The molecule has 0 bridgehead atoms. The smallest absolute Gasteiger partial charge is 0.323 e. The Morgan fingerprint density at radius 2 is 2.00 bits per heavy atom. The van der Waals surface area contributed by atoms with Crippen LogP contribution >= 0.6 is 0 Å². The summed E-state index contributed by atoms with van der Waals surface area (Å²) < 4.78 is 0. The number of carboxylic acids is 1. The average Bonchev–Trinajstić information content (AvgIpc) is 3.00. The summed E-state index contributed by atoms with van der Waals surface area (Å²) in [6.07, 6.45) is 3.39. The summed E-state index contributed by atoms with van der Waals surface area (Å²) in [5.74, 6) is -0.714. The maximum Gasteiger partial charge on any atom is 0.323 e. The summed E-state index contributed by atoms with van der Waals surface area (Å²) in [5, 5.41) is 9.34. The second-order valence-electron chi connectivity index (χ2n) is 6.20. The van der Waals surface area contributed by atoms with E-state index in [-0.39, 0.29) is 5.92 Å². The molecule has 2 atom stereocenters. The van der Waals surface area contributed by atoms with Crippen LogP contribution in [0.5, 0.6) is 0 Å². The quantitative estimate of drug-likeness (QED) is 0.881. The van der Waals surface area contributed by atoms with Crippen LogP contribution in [0.1, 0.15) is 36.8 Å². The van der Waals surface area contributed by atoms with Crippen molar-refractivity contribution in [1.29, 1.82) is 0 Å². The highest BCUT2D eigenvalue weighted by atomic mass is 16.4. The molecule has 1 heterocycles. The van der Waals surface area contributed by atoms with E-state index in [1.54, 1.807) is 0 Å². The van der Waals surface area contributed by atoms with Crippen molar-refractivity contribution in [3.63, 3.8) is 0 Å². The molecule has 4 nitrogen and oxygen atoms in total. The molecule has 2 aliphatic rings. The summed E-state index contributed by atoms with van der Waals surface area (Å²) in [5.41, 5.74) is 7.90. The van der Waals surface area contributed by atoms with Crippen LogP contribution in [-0.4, -0.2) is 28.1 Å². The number of hydrogen-bond donors (Lipinski definition) is 2. The van der Waals surface area contributed by atoms with Gasteiger partial charge in [-0.3, -0.25) is 9.69 Å². The third-order valence-corrected chi connectivity index (χ3v) is 4.97. The molecule has 4 heteroatoms. The molecule has 3 rings (SSSR count). The molecular weight excluding hydrogens is 252 g/mol. The standard InChI is InChI=1S/C16H22N2O2/c17-16(15(19)20)8-3-6-14(16)7-9-18-10-12-4-1-2-5-13(12)11-18/h1-2,4-5,14H,3,6-11,17H2,(H,19,20). The largest absolute Gasteiger partial charge is 0.480 e. The molecule has 2 unspecified atom stereocenters. The van der Waals surface area contributed by atoms with Gasteiger partial charge in [-0.1, -0.05) is 30.7 Å². The van der Waals surface area contributed by atoms with E-state index in [1.807, 2.05) is 0 Å². The molecule has 0 radical (unpaired) electrons. The maximum absolute atomic E-state index is 11.4. The number of rotatable bonds is 4. The number of fused-ring (bicyclic) bond motifs is 1. The first-order valence-electron chi connectivity index (χ1n) is 7.41. The first kappa shape index (κ1) is 13.6. The van der Waals surface area contributed by atoms with Gasteiger partial charge in [0.2, 0.25) is 0 Å². The number of aliphatic carboxylic acids is 1. The fourth-order valence-electron chi connectivity index (χ4n) is 3.69. The monoisotopic (exact) mass is 274 g/mol. The number of benzene rings is 1. The first-order valence-corrected chi connectivity index (χ1v) is 7.41. The topological polar surface area (TPSA) is 66.6 Å².